The van der Waals surface area contributed by atoms with E-state index in [-0.39, 0.29) is 6.04 Å². The smallest absolute Gasteiger partial charge is 0.160 e. The highest BCUT2D eigenvalue weighted by Gasteiger charge is 2.20. The van der Waals surface area contributed by atoms with Crippen LogP contribution in [0.5, 0.6) is 0 Å². The summed E-state index contributed by atoms with van der Waals surface area (Å²) in [6, 6.07) is 48.2. The Labute approximate surface area is 284 Å². The first-order valence-electron chi connectivity index (χ1n) is 16.5. The summed E-state index contributed by atoms with van der Waals surface area (Å²) in [5.74, 6) is 0.642. The number of hydrogen-bond donors (Lipinski definition) is 1. The normalized spacial score (nSPS) is 13.7. The van der Waals surface area contributed by atoms with E-state index in [0.717, 1.165) is 61.6 Å². The molecule has 49 heavy (non-hydrogen) atoms. The zero-order valence-corrected chi connectivity index (χ0v) is 26.9. The average molecular weight is 630 g/mol. The number of aromatic nitrogens is 4. The number of hydrogen-bond acceptors (Lipinski definition) is 5. The Hall–Kier alpha value is -6.46. The summed E-state index contributed by atoms with van der Waals surface area (Å²) in [7, 11) is 0. The fourth-order valence-corrected chi connectivity index (χ4v) is 6.71. The number of anilines is 1. The van der Waals surface area contributed by atoms with Gasteiger partial charge in [0.15, 0.2) is 5.82 Å². The van der Waals surface area contributed by atoms with Crippen LogP contribution < -0.4 is 5.32 Å². The molecule has 1 atom stereocenters. The molecular formula is C44H31N5. The van der Waals surface area contributed by atoms with E-state index in [4.69, 9.17) is 15.0 Å². The minimum absolute atomic E-state index is 0.0409. The van der Waals surface area contributed by atoms with Gasteiger partial charge in [-0.3, -0.25) is 4.98 Å². The van der Waals surface area contributed by atoms with Crippen molar-refractivity contribution in [2.24, 2.45) is 0 Å². The average Bonchev–Trinajstić information content (AvgIpc) is 3.18. The first-order valence-corrected chi connectivity index (χ1v) is 16.5. The summed E-state index contributed by atoms with van der Waals surface area (Å²) in [6.45, 7) is 2.16. The van der Waals surface area contributed by atoms with E-state index in [1.165, 1.54) is 21.9 Å². The van der Waals surface area contributed by atoms with Gasteiger partial charge in [-0.15, -0.1) is 0 Å². The molecule has 0 amide bonds. The largest absolute Gasteiger partial charge is 0.372 e. The number of nitrogens with zero attached hydrogens (tertiary/aromatic N) is 4. The van der Waals surface area contributed by atoms with Crippen molar-refractivity contribution in [2.45, 2.75) is 13.0 Å². The van der Waals surface area contributed by atoms with Crippen LogP contribution in [0.1, 0.15) is 22.7 Å². The summed E-state index contributed by atoms with van der Waals surface area (Å²) in [4.78, 5) is 19.9. The third-order valence-corrected chi connectivity index (χ3v) is 9.26. The van der Waals surface area contributed by atoms with Gasteiger partial charge in [-0.2, -0.15) is 0 Å². The minimum Gasteiger partial charge on any atom is -0.372 e. The first kappa shape index (κ1) is 28.7. The van der Waals surface area contributed by atoms with Crippen LogP contribution >= 0.6 is 0 Å². The standard InChI is InChI=1S/C44H31N5/c1-28-24-39(47-43-36(28)21-19-31-20-22-37(46-42(31)43)34-18-17-29-10-5-6-13-32(29)25-34)33-14-9-15-35(26-33)44-48-40(30-11-3-2-4-12-30)27-41(49-44)38-16-7-8-23-45-38/h2-27,37,46H,1H3. The van der Waals surface area contributed by atoms with Crippen LogP contribution in [0.4, 0.5) is 5.69 Å². The maximum atomic E-state index is 5.32. The van der Waals surface area contributed by atoms with Gasteiger partial charge in [0.25, 0.3) is 0 Å². The molecule has 0 aliphatic carbocycles. The molecule has 1 aliphatic rings. The lowest BCUT2D eigenvalue weighted by molar-refractivity contribution is 0.984. The number of benzene rings is 5. The van der Waals surface area contributed by atoms with E-state index in [1.807, 2.05) is 42.5 Å². The summed E-state index contributed by atoms with van der Waals surface area (Å²) in [5.41, 5.74) is 11.8. The Morgan fingerprint density at radius 1 is 0.551 bits per heavy atom. The summed E-state index contributed by atoms with van der Waals surface area (Å²) < 4.78 is 0. The van der Waals surface area contributed by atoms with Crippen LogP contribution in [0.3, 0.4) is 0 Å². The highest BCUT2D eigenvalue weighted by atomic mass is 14.9. The van der Waals surface area contributed by atoms with Gasteiger partial charge in [0, 0.05) is 28.3 Å². The second-order valence-corrected chi connectivity index (χ2v) is 12.5. The third-order valence-electron chi connectivity index (χ3n) is 9.26. The molecule has 8 aromatic rings. The molecule has 0 saturated carbocycles. The lowest BCUT2D eigenvalue weighted by Crippen LogP contribution is -2.13. The van der Waals surface area contributed by atoms with Crippen molar-refractivity contribution >= 4 is 33.4 Å². The molecule has 5 nitrogen and oxygen atoms in total. The van der Waals surface area contributed by atoms with Gasteiger partial charge < -0.3 is 5.32 Å². The van der Waals surface area contributed by atoms with Crippen molar-refractivity contribution in [1.82, 2.24) is 19.9 Å². The molecule has 9 rings (SSSR count). The molecule has 1 unspecified atom stereocenters. The van der Waals surface area contributed by atoms with Crippen LogP contribution in [0, 0.1) is 6.92 Å². The van der Waals surface area contributed by atoms with Crippen molar-refractivity contribution in [3.05, 3.63) is 168 Å². The second-order valence-electron chi connectivity index (χ2n) is 12.5. The zero-order valence-electron chi connectivity index (χ0n) is 26.9. The topological polar surface area (TPSA) is 63.6 Å². The molecule has 0 fully saturated rings. The quantitative estimate of drug-likeness (QED) is 0.205. The van der Waals surface area contributed by atoms with E-state index in [0.29, 0.717) is 5.82 Å². The predicted molar refractivity (Wildman–Crippen MR) is 201 cm³/mol. The van der Waals surface area contributed by atoms with Crippen LogP contribution in [0.25, 0.3) is 73.0 Å². The maximum Gasteiger partial charge on any atom is 0.160 e. The highest BCUT2D eigenvalue weighted by Crippen LogP contribution is 2.38. The minimum atomic E-state index is 0.0409. The highest BCUT2D eigenvalue weighted by molar-refractivity contribution is 5.99. The van der Waals surface area contributed by atoms with E-state index in [2.05, 4.69) is 126 Å². The zero-order chi connectivity index (χ0) is 32.7. The van der Waals surface area contributed by atoms with Gasteiger partial charge in [-0.05, 0) is 70.8 Å². The monoisotopic (exact) mass is 629 g/mol. The Bertz CT molecular complexity index is 2480. The number of fused-ring (bicyclic) bond motifs is 4. The molecular weight excluding hydrogens is 599 g/mol. The van der Waals surface area contributed by atoms with E-state index in [1.54, 1.807) is 6.20 Å². The summed E-state index contributed by atoms with van der Waals surface area (Å²) in [6.07, 6.45) is 6.24. The Morgan fingerprint density at radius 3 is 2.20 bits per heavy atom. The fourth-order valence-electron chi connectivity index (χ4n) is 6.71. The van der Waals surface area contributed by atoms with Crippen molar-refractivity contribution in [1.29, 1.82) is 0 Å². The SMILES string of the molecule is Cc1cc(-c2cccc(-c3nc(-c4ccccc4)cc(-c4ccccn4)n3)c2)nc2c3c(ccc12)C=CC(c1ccc2ccccc2c1)N3. The molecule has 5 heteroatoms. The van der Waals surface area contributed by atoms with Gasteiger partial charge in [-0.1, -0.05) is 115 Å². The maximum absolute atomic E-state index is 5.32. The van der Waals surface area contributed by atoms with Gasteiger partial charge in [0.2, 0.25) is 0 Å². The number of rotatable bonds is 5. The molecule has 0 saturated heterocycles. The van der Waals surface area contributed by atoms with Crippen LogP contribution in [0.2, 0.25) is 0 Å². The Balaban J connectivity index is 1.12. The third kappa shape index (κ3) is 5.41. The summed E-state index contributed by atoms with van der Waals surface area (Å²) >= 11 is 0. The van der Waals surface area contributed by atoms with Crippen LogP contribution in [0.15, 0.2) is 152 Å². The first-order chi connectivity index (χ1) is 24.2. The van der Waals surface area contributed by atoms with Gasteiger partial charge in [-0.25, -0.2) is 15.0 Å². The van der Waals surface area contributed by atoms with E-state index < -0.39 is 0 Å². The van der Waals surface area contributed by atoms with Crippen molar-refractivity contribution in [2.75, 3.05) is 5.32 Å². The van der Waals surface area contributed by atoms with E-state index in [9.17, 15) is 0 Å². The fraction of sp³-hybridized carbons (Fsp3) is 0.0455. The second kappa shape index (κ2) is 12.0. The Kier molecular flexibility index (Phi) is 7.02. The van der Waals surface area contributed by atoms with Gasteiger partial charge >= 0.3 is 0 Å². The van der Waals surface area contributed by atoms with Crippen molar-refractivity contribution in [3.8, 4) is 45.3 Å². The molecule has 4 heterocycles. The lowest BCUT2D eigenvalue weighted by Gasteiger charge is -2.25. The Morgan fingerprint density at radius 2 is 1.33 bits per heavy atom. The van der Waals surface area contributed by atoms with Crippen molar-refractivity contribution in [3.63, 3.8) is 0 Å². The predicted octanol–water partition coefficient (Wildman–Crippen LogP) is 10.7. The number of pyridine rings is 2. The summed E-state index contributed by atoms with van der Waals surface area (Å²) in [5, 5.41) is 7.45. The molecule has 0 radical (unpaired) electrons. The van der Waals surface area contributed by atoms with Gasteiger partial charge in [0.1, 0.15) is 0 Å². The van der Waals surface area contributed by atoms with Crippen LogP contribution in [-0.4, -0.2) is 19.9 Å². The van der Waals surface area contributed by atoms with Gasteiger partial charge in [0.05, 0.1) is 40.0 Å². The van der Waals surface area contributed by atoms with E-state index >= 15 is 0 Å². The molecule has 0 spiro atoms. The molecule has 1 aliphatic heterocycles. The van der Waals surface area contributed by atoms with Crippen LogP contribution in [-0.2, 0) is 0 Å². The molecule has 232 valence electrons. The molecule has 1 N–H and O–H groups in total. The number of aryl methyl sites for hydroxylation is 1. The molecule has 3 aromatic heterocycles. The lowest BCUT2D eigenvalue weighted by atomic mass is 9.95. The molecule has 0 bridgehead atoms. The van der Waals surface area contributed by atoms with Crippen molar-refractivity contribution < 1.29 is 0 Å². The number of nitrogens with one attached hydrogen (secondary N) is 1. The molecule has 5 aromatic carbocycles.